The van der Waals surface area contributed by atoms with Crippen molar-refractivity contribution in [2.75, 3.05) is 38.8 Å². The molecule has 1 saturated heterocycles. The van der Waals surface area contributed by atoms with Gasteiger partial charge in [0.05, 0.1) is 19.4 Å². The Labute approximate surface area is 132 Å². The highest BCUT2D eigenvalue weighted by Crippen LogP contribution is 2.29. The molecule has 1 heterocycles. The number of carbonyl (C=O) groups is 1. The van der Waals surface area contributed by atoms with E-state index in [2.05, 4.69) is 15.4 Å². The van der Waals surface area contributed by atoms with E-state index in [9.17, 15) is 18.7 Å². The molecule has 8 heteroatoms. The monoisotopic (exact) mass is 330 g/mol. The first-order valence-corrected chi connectivity index (χ1v) is 7.26. The molecule has 1 aliphatic rings. The van der Waals surface area contributed by atoms with E-state index in [-0.39, 0.29) is 24.6 Å². The number of aliphatic hydroxyl groups is 1. The van der Waals surface area contributed by atoms with Gasteiger partial charge in [0, 0.05) is 37.3 Å². The average Bonchev–Trinajstić information content (AvgIpc) is 2.57. The highest BCUT2D eigenvalue weighted by Gasteiger charge is 2.32. The van der Waals surface area contributed by atoms with Crippen LogP contribution in [0.15, 0.2) is 12.1 Å². The third-order valence-electron chi connectivity index (χ3n) is 4.00. The molecule has 2 rings (SSSR count). The largest absolute Gasteiger partial charge is 0.494 e. The lowest BCUT2D eigenvalue weighted by molar-refractivity contribution is -0.0136. The number of ether oxygens (including phenoxy) is 2. The first-order chi connectivity index (χ1) is 11.0. The minimum atomic E-state index is -0.804. The molecule has 0 atom stereocenters. The highest BCUT2D eigenvalue weighted by molar-refractivity contribution is 5.89. The van der Waals surface area contributed by atoms with Crippen LogP contribution in [-0.4, -0.2) is 44.6 Å². The summed E-state index contributed by atoms with van der Waals surface area (Å²) in [5, 5.41) is 14.4. The maximum absolute atomic E-state index is 13.8. The summed E-state index contributed by atoms with van der Waals surface area (Å²) in [4.78, 5) is 11.9. The third-order valence-corrected chi connectivity index (χ3v) is 4.00. The Kier molecular flexibility index (Phi) is 5.73. The molecule has 0 aliphatic carbocycles. The first kappa shape index (κ1) is 17.4. The summed E-state index contributed by atoms with van der Waals surface area (Å²) in [5.74, 6) is -1.82. The minimum absolute atomic E-state index is 0.0812. The number of carbonyl (C=O) groups excluding carboxylic acids is 1. The number of methoxy groups -OCH3 is 1. The van der Waals surface area contributed by atoms with E-state index in [4.69, 9.17) is 4.74 Å². The molecule has 0 radical (unpaired) electrons. The van der Waals surface area contributed by atoms with Crippen molar-refractivity contribution in [3.05, 3.63) is 23.8 Å². The minimum Gasteiger partial charge on any atom is -0.494 e. The number of aliphatic hydroxyl groups excluding tert-OH is 1. The molecule has 2 amide bonds. The van der Waals surface area contributed by atoms with Crippen LogP contribution in [0.5, 0.6) is 5.75 Å². The van der Waals surface area contributed by atoms with E-state index in [1.54, 1.807) is 0 Å². The number of urea groups is 1. The van der Waals surface area contributed by atoms with Crippen molar-refractivity contribution >= 4 is 11.7 Å². The van der Waals surface area contributed by atoms with E-state index in [1.165, 1.54) is 7.11 Å². The maximum atomic E-state index is 13.8. The molecule has 0 saturated carbocycles. The van der Waals surface area contributed by atoms with Crippen molar-refractivity contribution < 1.29 is 28.2 Å². The van der Waals surface area contributed by atoms with E-state index in [0.717, 1.165) is 12.1 Å². The second-order valence-corrected chi connectivity index (χ2v) is 5.54. The Hall–Kier alpha value is -1.93. The second-order valence-electron chi connectivity index (χ2n) is 5.54. The fourth-order valence-electron chi connectivity index (χ4n) is 2.41. The Balaban J connectivity index is 1.95. The molecule has 1 aromatic carbocycles. The van der Waals surface area contributed by atoms with Gasteiger partial charge < -0.3 is 25.2 Å². The number of hydrogen-bond acceptors (Lipinski definition) is 4. The summed E-state index contributed by atoms with van der Waals surface area (Å²) >= 11 is 0. The number of halogens is 2. The van der Waals surface area contributed by atoms with Crippen molar-refractivity contribution in [3.63, 3.8) is 0 Å². The predicted octanol–water partition coefficient (Wildman–Crippen LogP) is 1.88. The Morgan fingerprint density at radius 2 is 2.04 bits per heavy atom. The van der Waals surface area contributed by atoms with Crippen molar-refractivity contribution in [1.82, 2.24) is 5.32 Å². The van der Waals surface area contributed by atoms with Gasteiger partial charge in [-0.05, 0) is 12.8 Å². The average molecular weight is 330 g/mol. The molecule has 1 aromatic rings. The van der Waals surface area contributed by atoms with Crippen molar-refractivity contribution in [1.29, 1.82) is 0 Å². The summed E-state index contributed by atoms with van der Waals surface area (Å²) in [5.41, 5.74) is -0.731. The smallest absolute Gasteiger partial charge is 0.319 e. The number of amides is 2. The first-order valence-electron chi connectivity index (χ1n) is 7.26. The van der Waals surface area contributed by atoms with Crippen LogP contribution in [0.1, 0.15) is 12.8 Å². The summed E-state index contributed by atoms with van der Waals surface area (Å²) in [7, 11) is 1.22. The van der Waals surface area contributed by atoms with Crippen molar-refractivity contribution in [2.24, 2.45) is 5.41 Å². The van der Waals surface area contributed by atoms with Gasteiger partial charge in [-0.25, -0.2) is 13.6 Å². The lowest BCUT2D eigenvalue weighted by Gasteiger charge is -2.35. The molecule has 1 aliphatic heterocycles. The molecular weight excluding hydrogens is 310 g/mol. The van der Waals surface area contributed by atoms with Crippen molar-refractivity contribution in [3.8, 4) is 5.75 Å². The molecule has 3 N–H and O–H groups in total. The van der Waals surface area contributed by atoms with Gasteiger partial charge in [-0.1, -0.05) is 0 Å². The van der Waals surface area contributed by atoms with E-state index in [1.807, 2.05) is 0 Å². The van der Waals surface area contributed by atoms with E-state index < -0.39 is 23.1 Å². The van der Waals surface area contributed by atoms with Crippen LogP contribution < -0.4 is 15.4 Å². The van der Waals surface area contributed by atoms with Crippen LogP contribution in [0.4, 0.5) is 19.3 Å². The molecule has 0 spiro atoms. The molecule has 23 heavy (non-hydrogen) atoms. The SMILES string of the molecule is COc1cc(F)c(NC(=O)NCC2(CO)CCOCC2)cc1F. The molecular formula is C15H20F2N2O4. The van der Waals surface area contributed by atoms with Gasteiger partial charge in [-0.3, -0.25) is 0 Å². The molecule has 128 valence electrons. The lowest BCUT2D eigenvalue weighted by Crippen LogP contribution is -2.44. The van der Waals surface area contributed by atoms with E-state index in [0.29, 0.717) is 26.1 Å². The number of rotatable bonds is 5. The lowest BCUT2D eigenvalue weighted by atomic mass is 9.81. The van der Waals surface area contributed by atoms with Crippen LogP contribution in [0.3, 0.4) is 0 Å². The maximum Gasteiger partial charge on any atom is 0.319 e. The van der Waals surface area contributed by atoms with Gasteiger partial charge in [0.1, 0.15) is 0 Å². The van der Waals surface area contributed by atoms with Crippen LogP contribution in [0, 0.1) is 17.0 Å². The fourth-order valence-corrected chi connectivity index (χ4v) is 2.41. The van der Waals surface area contributed by atoms with Gasteiger partial charge in [0.15, 0.2) is 17.4 Å². The van der Waals surface area contributed by atoms with Gasteiger partial charge in [0.2, 0.25) is 0 Å². The zero-order valence-electron chi connectivity index (χ0n) is 12.8. The summed E-state index contributed by atoms with van der Waals surface area (Å²) in [6.07, 6.45) is 1.24. The molecule has 0 unspecified atom stereocenters. The van der Waals surface area contributed by atoms with E-state index >= 15 is 0 Å². The summed E-state index contributed by atoms with van der Waals surface area (Å²) < 4.78 is 37.2. The van der Waals surface area contributed by atoms with Crippen LogP contribution in [-0.2, 0) is 4.74 Å². The van der Waals surface area contributed by atoms with Gasteiger partial charge in [-0.2, -0.15) is 0 Å². The standard InChI is InChI=1S/C15H20F2N2O4/c1-22-13-7-10(16)12(6-11(13)17)19-14(21)18-8-15(9-20)2-4-23-5-3-15/h6-7,20H,2-5,8-9H2,1H3,(H2,18,19,21). The van der Waals surface area contributed by atoms with Crippen LogP contribution in [0.25, 0.3) is 0 Å². The molecule has 1 fully saturated rings. The number of benzene rings is 1. The number of nitrogens with one attached hydrogen (secondary N) is 2. The van der Waals surface area contributed by atoms with Gasteiger partial charge >= 0.3 is 6.03 Å². The Morgan fingerprint density at radius 1 is 1.35 bits per heavy atom. The third kappa shape index (κ3) is 4.29. The predicted molar refractivity (Wildman–Crippen MR) is 79.5 cm³/mol. The molecule has 0 aromatic heterocycles. The fraction of sp³-hybridized carbons (Fsp3) is 0.533. The highest BCUT2D eigenvalue weighted by atomic mass is 19.1. The van der Waals surface area contributed by atoms with Crippen LogP contribution >= 0.6 is 0 Å². The second kappa shape index (κ2) is 7.56. The summed E-state index contributed by atoms with van der Waals surface area (Å²) in [6, 6.07) is 1.04. The van der Waals surface area contributed by atoms with Gasteiger partial charge in [0.25, 0.3) is 0 Å². The topological polar surface area (TPSA) is 79.8 Å². The zero-order valence-corrected chi connectivity index (χ0v) is 12.8. The normalized spacial score (nSPS) is 16.7. The number of hydrogen-bond donors (Lipinski definition) is 3. The Bertz CT molecular complexity index is 563. The van der Waals surface area contributed by atoms with Crippen molar-refractivity contribution in [2.45, 2.75) is 12.8 Å². The Morgan fingerprint density at radius 3 is 2.65 bits per heavy atom. The molecule has 0 bridgehead atoms. The van der Waals surface area contributed by atoms with Gasteiger partial charge in [-0.15, -0.1) is 0 Å². The number of anilines is 1. The van der Waals surface area contributed by atoms with Crippen LogP contribution in [0.2, 0.25) is 0 Å². The zero-order chi connectivity index (χ0) is 16.9. The molecule has 6 nitrogen and oxygen atoms in total. The summed E-state index contributed by atoms with van der Waals surface area (Å²) in [6.45, 7) is 1.17. The quantitative estimate of drug-likeness (QED) is 0.770.